The van der Waals surface area contributed by atoms with Crippen molar-refractivity contribution >= 4 is 27.5 Å². The van der Waals surface area contributed by atoms with Gasteiger partial charge in [0.05, 0.1) is 35.4 Å². The van der Waals surface area contributed by atoms with Crippen LogP contribution < -0.4 is 14.9 Å². The molecule has 2 N–H and O–H groups in total. The Labute approximate surface area is 229 Å². The van der Waals surface area contributed by atoms with Crippen molar-refractivity contribution in [3.8, 4) is 17.6 Å². The topological polar surface area (TPSA) is 77.8 Å². The molecule has 0 aliphatic carbocycles. The van der Waals surface area contributed by atoms with Crippen LogP contribution in [0.5, 0.6) is 11.5 Å². The molecular formula is C28H37BrClN3O3. The highest BCUT2D eigenvalue weighted by Crippen LogP contribution is 2.36. The van der Waals surface area contributed by atoms with Gasteiger partial charge in [0.1, 0.15) is 18.1 Å². The first kappa shape index (κ1) is 30.0. The average Bonchev–Trinajstić information content (AvgIpc) is 2.87. The number of allylic oxidation sites excluding steroid dienone is 1. The Morgan fingerprint density at radius 1 is 1.17 bits per heavy atom. The van der Waals surface area contributed by atoms with E-state index in [1.807, 2.05) is 50.2 Å². The molecule has 196 valence electrons. The Bertz CT molecular complexity index is 1050. The van der Waals surface area contributed by atoms with Crippen molar-refractivity contribution < 1.29 is 14.6 Å². The third-order valence-electron chi connectivity index (χ3n) is 6.16. The molecule has 2 aromatic carbocycles. The molecule has 1 atom stereocenters. The van der Waals surface area contributed by atoms with Crippen molar-refractivity contribution in [1.29, 1.82) is 5.26 Å². The number of hydrogen-bond acceptors (Lipinski definition) is 6. The number of aliphatic hydroxyl groups is 1. The molecule has 0 amide bonds. The third-order valence-corrected chi connectivity index (χ3v) is 7.15. The summed E-state index contributed by atoms with van der Waals surface area (Å²) in [5.41, 5.74) is 7.16. The molecule has 8 heteroatoms. The number of rotatable bonds is 14. The summed E-state index contributed by atoms with van der Waals surface area (Å²) in [6, 6.07) is 16.4. The second-order valence-corrected chi connectivity index (χ2v) is 10.4. The maximum atomic E-state index is 9.60. The molecule has 0 aromatic heterocycles. The van der Waals surface area contributed by atoms with Crippen LogP contribution in [0.4, 0.5) is 0 Å². The van der Waals surface area contributed by atoms with E-state index in [0.29, 0.717) is 12.4 Å². The fourth-order valence-electron chi connectivity index (χ4n) is 3.76. The summed E-state index contributed by atoms with van der Waals surface area (Å²) in [5, 5.41) is 20.6. The molecule has 0 heterocycles. The van der Waals surface area contributed by atoms with Crippen LogP contribution >= 0.6 is 27.5 Å². The minimum Gasteiger partial charge on any atom is -0.494 e. The number of hydrazine groups is 1. The summed E-state index contributed by atoms with van der Waals surface area (Å²) in [6.45, 7) is 9.91. The lowest BCUT2D eigenvalue weighted by Gasteiger charge is -2.27. The molecular weight excluding hydrogens is 542 g/mol. The normalized spacial score (nSPS) is 12.0. The van der Waals surface area contributed by atoms with Gasteiger partial charge in [-0.15, -0.1) is 11.6 Å². The third kappa shape index (κ3) is 8.14. The number of hydrogen-bond donors (Lipinski definition) is 2. The Balaban J connectivity index is 1.98. The fraction of sp³-hybridized carbons (Fsp3) is 0.464. The summed E-state index contributed by atoms with van der Waals surface area (Å²) in [5.74, 6) is 1.42. The van der Waals surface area contributed by atoms with E-state index in [2.05, 4.69) is 59.5 Å². The van der Waals surface area contributed by atoms with E-state index in [-0.39, 0.29) is 30.4 Å². The van der Waals surface area contributed by atoms with Crippen molar-refractivity contribution in [3.63, 3.8) is 0 Å². The van der Waals surface area contributed by atoms with Gasteiger partial charge in [0.15, 0.2) is 0 Å². The zero-order valence-electron chi connectivity index (χ0n) is 21.8. The molecule has 2 rings (SSSR count). The molecule has 6 nitrogen and oxygen atoms in total. The highest BCUT2D eigenvalue weighted by molar-refractivity contribution is 9.10. The quantitative estimate of drug-likeness (QED) is 0.162. The lowest BCUT2D eigenvalue weighted by Crippen LogP contribution is -2.37. The number of halogens is 2. The second-order valence-electron chi connectivity index (χ2n) is 9.27. The van der Waals surface area contributed by atoms with Crippen molar-refractivity contribution in [2.75, 3.05) is 39.3 Å². The van der Waals surface area contributed by atoms with Gasteiger partial charge < -0.3 is 19.6 Å². The number of nitriles is 1. The van der Waals surface area contributed by atoms with Crippen LogP contribution in [-0.4, -0.2) is 49.4 Å². The Kier molecular flexibility index (Phi) is 12.1. The van der Waals surface area contributed by atoms with Crippen LogP contribution in [0, 0.1) is 17.2 Å². The number of nitrogens with zero attached hydrogens (tertiary/aromatic N) is 2. The molecule has 0 fully saturated rings. The lowest BCUT2D eigenvalue weighted by atomic mass is 9.78. The number of aliphatic hydroxyl groups excluding tert-OH is 1. The minimum atomic E-state index is -0.340. The molecule has 0 spiro atoms. The summed E-state index contributed by atoms with van der Waals surface area (Å²) < 4.78 is 12.6. The van der Waals surface area contributed by atoms with Gasteiger partial charge in [-0.1, -0.05) is 37.6 Å². The van der Waals surface area contributed by atoms with Crippen LogP contribution in [0.25, 0.3) is 0 Å². The first-order chi connectivity index (χ1) is 17.2. The van der Waals surface area contributed by atoms with Crippen LogP contribution in [0.2, 0.25) is 0 Å². The van der Waals surface area contributed by atoms with Crippen molar-refractivity contribution in [2.45, 2.75) is 39.5 Å². The van der Waals surface area contributed by atoms with Gasteiger partial charge in [-0.05, 0) is 65.2 Å². The van der Waals surface area contributed by atoms with Gasteiger partial charge in [0.25, 0.3) is 0 Å². The first-order valence-electron chi connectivity index (χ1n) is 12.0. The number of nitrogens with one attached hydrogen (secondary N) is 1. The highest BCUT2D eigenvalue weighted by atomic mass is 79.9. The van der Waals surface area contributed by atoms with E-state index in [0.717, 1.165) is 40.0 Å². The van der Waals surface area contributed by atoms with Crippen LogP contribution in [-0.2, 0) is 5.41 Å². The smallest absolute Gasteiger partial charge is 0.133 e. The average molecular weight is 579 g/mol. The molecule has 0 aliphatic rings. The Morgan fingerprint density at radius 2 is 1.83 bits per heavy atom. The standard InChI is InChI=1S/C28H37BrClN3O3/c1-20(2)26(18-34)33(32-5)13-6-14-35-24-10-7-22(8-11-24)28(3,4)23-9-12-27(25(29)15-23)36-19-21(16-30)17-31/h7-12,15,21,32,34H,6,13-14,16,18-19H2,1-5H3/t21-/m1/s1. The number of alkyl halides is 1. The van der Waals surface area contributed by atoms with E-state index in [1.165, 1.54) is 5.56 Å². The highest BCUT2D eigenvalue weighted by Gasteiger charge is 2.24. The maximum absolute atomic E-state index is 9.60. The van der Waals surface area contributed by atoms with Gasteiger partial charge in [0, 0.05) is 31.3 Å². The SMILES string of the molecule is CNN(CCCOc1ccc(C(C)(C)c2ccc(OC[C@@H](C#N)CCl)c(Br)c2)cc1)C(CO)=C(C)C. The molecule has 36 heavy (non-hydrogen) atoms. The fourth-order valence-corrected chi connectivity index (χ4v) is 4.41. The second kappa shape index (κ2) is 14.5. The molecule has 0 saturated carbocycles. The Hall–Kier alpha value is -2.24. The van der Waals surface area contributed by atoms with E-state index < -0.39 is 0 Å². The molecule has 0 radical (unpaired) electrons. The largest absolute Gasteiger partial charge is 0.494 e. The van der Waals surface area contributed by atoms with Crippen molar-refractivity contribution in [2.24, 2.45) is 5.92 Å². The number of benzene rings is 2. The first-order valence-corrected chi connectivity index (χ1v) is 13.3. The molecule has 0 saturated heterocycles. The lowest BCUT2D eigenvalue weighted by molar-refractivity contribution is 0.192. The van der Waals surface area contributed by atoms with Crippen LogP contribution in [0.1, 0.15) is 45.2 Å². The monoisotopic (exact) mass is 577 g/mol. The van der Waals surface area contributed by atoms with Crippen LogP contribution in [0.3, 0.4) is 0 Å². The maximum Gasteiger partial charge on any atom is 0.133 e. The van der Waals surface area contributed by atoms with Gasteiger partial charge in [-0.2, -0.15) is 5.26 Å². The van der Waals surface area contributed by atoms with E-state index >= 15 is 0 Å². The van der Waals surface area contributed by atoms with E-state index in [1.54, 1.807) is 0 Å². The van der Waals surface area contributed by atoms with Gasteiger partial charge >= 0.3 is 0 Å². The molecule has 0 unspecified atom stereocenters. The zero-order valence-corrected chi connectivity index (χ0v) is 24.1. The molecule has 0 bridgehead atoms. The van der Waals surface area contributed by atoms with E-state index in [9.17, 15) is 5.11 Å². The number of ether oxygens (including phenoxy) is 2. The zero-order chi connectivity index (χ0) is 26.7. The molecule has 2 aromatic rings. The summed E-state index contributed by atoms with van der Waals surface area (Å²) in [4.78, 5) is 0. The summed E-state index contributed by atoms with van der Waals surface area (Å²) >= 11 is 9.39. The summed E-state index contributed by atoms with van der Waals surface area (Å²) in [6.07, 6.45) is 0.813. The van der Waals surface area contributed by atoms with E-state index in [4.69, 9.17) is 26.3 Å². The van der Waals surface area contributed by atoms with Crippen molar-refractivity contribution in [1.82, 2.24) is 10.4 Å². The minimum absolute atomic E-state index is 0.00327. The van der Waals surface area contributed by atoms with Gasteiger partial charge in [-0.3, -0.25) is 0 Å². The molecule has 0 aliphatic heterocycles. The van der Waals surface area contributed by atoms with Crippen LogP contribution in [0.15, 0.2) is 58.2 Å². The van der Waals surface area contributed by atoms with Gasteiger partial charge in [0.2, 0.25) is 0 Å². The Morgan fingerprint density at radius 3 is 2.36 bits per heavy atom. The predicted molar refractivity (Wildman–Crippen MR) is 149 cm³/mol. The predicted octanol–water partition coefficient (Wildman–Crippen LogP) is 6.02. The van der Waals surface area contributed by atoms with Gasteiger partial charge in [-0.25, -0.2) is 5.43 Å². The summed E-state index contributed by atoms with van der Waals surface area (Å²) in [7, 11) is 1.85. The van der Waals surface area contributed by atoms with Crippen molar-refractivity contribution in [3.05, 3.63) is 69.3 Å².